The summed E-state index contributed by atoms with van der Waals surface area (Å²) in [5.41, 5.74) is 2.10. The van der Waals surface area contributed by atoms with E-state index in [9.17, 15) is 28.0 Å². The second-order valence-corrected chi connectivity index (χ2v) is 8.15. The Morgan fingerprint density at radius 2 is 1.95 bits per heavy atom. The van der Waals surface area contributed by atoms with E-state index in [1.54, 1.807) is 24.3 Å². The summed E-state index contributed by atoms with van der Waals surface area (Å²) in [6.45, 7) is 0.321. The molecule has 192 valence electrons. The highest BCUT2D eigenvalue weighted by Crippen LogP contribution is 2.27. The lowest BCUT2D eigenvalue weighted by molar-refractivity contribution is -0.146. The van der Waals surface area contributed by atoms with Crippen molar-refractivity contribution in [2.75, 3.05) is 30.5 Å². The van der Waals surface area contributed by atoms with E-state index < -0.39 is 25.1 Å². The normalized spacial score (nSPS) is 13.2. The molecule has 0 aliphatic carbocycles. The first kappa shape index (κ1) is 25.7. The van der Waals surface area contributed by atoms with Crippen LogP contribution < -0.4 is 15.0 Å². The molecule has 0 bridgehead atoms. The summed E-state index contributed by atoms with van der Waals surface area (Å²) < 4.78 is 48.4. The van der Waals surface area contributed by atoms with E-state index in [0.29, 0.717) is 30.1 Å². The Morgan fingerprint density at radius 3 is 2.62 bits per heavy atom. The van der Waals surface area contributed by atoms with Crippen LogP contribution in [-0.2, 0) is 17.9 Å². The molecule has 37 heavy (non-hydrogen) atoms. The van der Waals surface area contributed by atoms with Crippen molar-refractivity contribution in [2.24, 2.45) is 0 Å². The number of halogens is 3. The number of amides is 2. The van der Waals surface area contributed by atoms with Crippen LogP contribution in [0.3, 0.4) is 0 Å². The number of carbonyl (C=O) groups is 2. The van der Waals surface area contributed by atoms with E-state index >= 15 is 0 Å². The van der Waals surface area contributed by atoms with Crippen LogP contribution in [0, 0.1) is 11.3 Å². The van der Waals surface area contributed by atoms with Crippen molar-refractivity contribution in [3.63, 3.8) is 0 Å². The highest BCUT2D eigenvalue weighted by atomic mass is 19.4. The molecule has 0 saturated heterocycles. The van der Waals surface area contributed by atoms with Crippen molar-refractivity contribution >= 4 is 23.2 Å². The van der Waals surface area contributed by atoms with Crippen molar-refractivity contribution in [1.29, 1.82) is 5.26 Å². The number of aromatic nitrogens is 2. The minimum atomic E-state index is -4.27. The molecule has 3 aromatic rings. The molecular weight excluding hydrogens is 491 g/mol. The highest BCUT2D eigenvalue weighted by molar-refractivity contribution is 6.13. The number of anilines is 2. The molecule has 4 rings (SSSR count). The zero-order valence-corrected chi connectivity index (χ0v) is 19.7. The smallest absolute Gasteiger partial charge is 0.391 e. The van der Waals surface area contributed by atoms with E-state index in [0.717, 1.165) is 0 Å². The van der Waals surface area contributed by atoms with E-state index in [4.69, 9.17) is 9.47 Å². The molecule has 0 spiro atoms. The first-order valence-electron chi connectivity index (χ1n) is 11.2. The molecule has 0 radical (unpaired) electrons. The largest absolute Gasteiger partial charge is 0.495 e. The maximum absolute atomic E-state index is 13.3. The quantitative estimate of drug-likeness (QED) is 0.454. The van der Waals surface area contributed by atoms with Gasteiger partial charge in [-0.15, -0.1) is 0 Å². The fraction of sp³-hybridized carbons (Fsp3) is 0.280. The van der Waals surface area contributed by atoms with E-state index in [1.807, 2.05) is 6.07 Å². The number of alkyl halides is 3. The highest BCUT2D eigenvalue weighted by Gasteiger charge is 2.30. The van der Waals surface area contributed by atoms with Gasteiger partial charge in [0.2, 0.25) is 0 Å². The Kier molecular flexibility index (Phi) is 7.45. The van der Waals surface area contributed by atoms with Crippen LogP contribution >= 0.6 is 0 Å². The number of benzene rings is 2. The predicted molar refractivity (Wildman–Crippen MR) is 126 cm³/mol. The van der Waals surface area contributed by atoms with Gasteiger partial charge in [0.25, 0.3) is 11.8 Å². The average molecular weight is 513 g/mol. The molecule has 0 atom stereocenters. The van der Waals surface area contributed by atoms with Crippen LogP contribution in [-0.4, -0.2) is 48.0 Å². The number of rotatable bonds is 8. The third kappa shape index (κ3) is 5.90. The molecule has 2 heterocycles. The molecule has 12 heteroatoms. The first-order chi connectivity index (χ1) is 17.7. The van der Waals surface area contributed by atoms with Gasteiger partial charge in [0.1, 0.15) is 17.5 Å². The Labute approximate surface area is 210 Å². The fourth-order valence-electron chi connectivity index (χ4n) is 3.82. The lowest BCUT2D eigenvalue weighted by Crippen LogP contribution is -2.41. The number of methoxy groups -OCH3 is 1. The fourth-order valence-corrected chi connectivity index (χ4v) is 3.82. The summed E-state index contributed by atoms with van der Waals surface area (Å²) in [6, 6.07) is 13.1. The Morgan fingerprint density at radius 1 is 1.19 bits per heavy atom. The summed E-state index contributed by atoms with van der Waals surface area (Å²) in [6.07, 6.45) is -3.89. The standard InChI is InChI=1S/C25H22F3N5O4/c1-36-21-7-4-17(12-18(21)13-29)23(34)31-20-14-30-33-10-9-32(24(35)22(20)33)19-5-2-16(3-6-19)15-37-11-8-25(26,27)28/h2-7,12,14H,8-11,15H2,1H3,(H,31,34). The van der Waals surface area contributed by atoms with Crippen LogP contribution in [0.15, 0.2) is 48.7 Å². The number of ether oxygens (including phenoxy) is 2. The topological polar surface area (TPSA) is 109 Å². The molecule has 0 saturated carbocycles. The van der Waals surface area contributed by atoms with Crippen molar-refractivity contribution in [3.05, 3.63) is 71.0 Å². The van der Waals surface area contributed by atoms with Crippen LogP contribution in [0.2, 0.25) is 0 Å². The van der Waals surface area contributed by atoms with Gasteiger partial charge in [-0.25, -0.2) is 0 Å². The van der Waals surface area contributed by atoms with E-state index in [-0.39, 0.29) is 35.0 Å². The zero-order valence-electron chi connectivity index (χ0n) is 19.7. The van der Waals surface area contributed by atoms with Gasteiger partial charge in [0.15, 0.2) is 0 Å². The van der Waals surface area contributed by atoms with Crippen molar-refractivity contribution in [1.82, 2.24) is 9.78 Å². The number of hydrogen-bond donors (Lipinski definition) is 1. The molecule has 0 fully saturated rings. The number of nitrogens with one attached hydrogen (secondary N) is 1. The van der Waals surface area contributed by atoms with Crippen LogP contribution in [0.25, 0.3) is 0 Å². The van der Waals surface area contributed by atoms with Gasteiger partial charge in [-0.1, -0.05) is 12.1 Å². The molecule has 1 N–H and O–H groups in total. The second kappa shape index (κ2) is 10.7. The molecule has 1 aromatic heterocycles. The Balaban J connectivity index is 1.45. The first-order valence-corrected chi connectivity index (χ1v) is 11.2. The third-order valence-electron chi connectivity index (χ3n) is 5.70. The molecule has 2 amide bonds. The monoisotopic (exact) mass is 513 g/mol. The third-order valence-corrected chi connectivity index (χ3v) is 5.70. The van der Waals surface area contributed by atoms with Gasteiger partial charge in [-0.05, 0) is 35.9 Å². The van der Waals surface area contributed by atoms with Crippen molar-refractivity contribution < 1.29 is 32.2 Å². The summed E-state index contributed by atoms with van der Waals surface area (Å²) in [5.74, 6) is -0.554. The number of hydrogen-bond acceptors (Lipinski definition) is 6. The molecule has 1 aliphatic rings. The van der Waals surface area contributed by atoms with E-state index in [1.165, 1.54) is 41.1 Å². The lowest BCUT2D eigenvalue weighted by atomic mass is 10.1. The molecule has 9 nitrogen and oxygen atoms in total. The minimum Gasteiger partial charge on any atom is -0.495 e. The Hall–Kier alpha value is -4.37. The van der Waals surface area contributed by atoms with Crippen molar-refractivity contribution in [2.45, 2.75) is 25.7 Å². The van der Waals surface area contributed by atoms with Crippen LogP contribution in [0.4, 0.5) is 24.5 Å². The second-order valence-electron chi connectivity index (χ2n) is 8.15. The molecule has 2 aromatic carbocycles. The maximum atomic E-state index is 13.3. The number of carbonyl (C=O) groups excluding carboxylic acids is 2. The predicted octanol–water partition coefficient (Wildman–Crippen LogP) is 4.15. The number of fused-ring (bicyclic) bond motifs is 1. The lowest BCUT2D eigenvalue weighted by Gasteiger charge is -2.28. The maximum Gasteiger partial charge on any atom is 0.391 e. The van der Waals surface area contributed by atoms with Gasteiger partial charge in [0.05, 0.1) is 50.7 Å². The molecular formula is C25H22F3N5O4. The van der Waals surface area contributed by atoms with Gasteiger partial charge < -0.3 is 19.7 Å². The molecule has 1 aliphatic heterocycles. The zero-order chi connectivity index (χ0) is 26.6. The average Bonchev–Trinajstić information content (AvgIpc) is 3.29. The van der Waals surface area contributed by atoms with Gasteiger partial charge in [0, 0.05) is 17.8 Å². The number of nitrogens with zero attached hydrogens (tertiary/aromatic N) is 4. The van der Waals surface area contributed by atoms with Crippen molar-refractivity contribution in [3.8, 4) is 11.8 Å². The van der Waals surface area contributed by atoms with E-state index in [2.05, 4.69) is 10.4 Å². The summed E-state index contributed by atoms with van der Waals surface area (Å²) in [4.78, 5) is 27.7. The summed E-state index contributed by atoms with van der Waals surface area (Å²) in [7, 11) is 1.42. The van der Waals surface area contributed by atoms with Crippen LogP contribution in [0.5, 0.6) is 5.75 Å². The van der Waals surface area contributed by atoms with Gasteiger partial charge in [-0.2, -0.15) is 23.5 Å². The minimum absolute atomic E-state index is 0.0200. The van der Waals surface area contributed by atoms with Gasteiger partial charge in [-0.3, -0.25) is 14.3 Å². The summed E-state index contributed by atoms with van der Waals surface area (Å²) in [5, 5.41) is 16.2. The van der Waals surface area contributed by atoms with Crippen LogP contribution in [0.1, 0.15) is 38.4 Å². The molecule has 0 unspecified atom stereocenters. The van der Waals surface area contributed by atoms with Gasteiger partial charge >= 0.3 is 6.18 Å². The SMILES string of the molecule is COc1ccc(C(=O)Nc2cnn3c2C(=O)N(c2ccc(COCCC(F)(F)F)cc2)CC3)cc1C#N. The summed E-state index contributed by atoms with van der Waals surface area (Å²) >= 11 is 0. The number of nitriles is 1. The Bertz CT molecular complexity index is 1350.